The summed E-state index contributed by atoms with van der Waals surface area (Å²) in [7, 11) is 1.73. The second-order valence-electron chi connectivity index (χ2n) is 16.1. The molecule has 2 aliphatic carbocycles. The van der Waals surface area contributed by atoms with Gasteiger partial charge in [-0.25, -0.2) is 4.90 Å². The lowest BCUT2D eigenvalue weighted by Gasteiger charge is -2.49. The van der Waals surface area contributed by atoms with Crippen molar-refractivity contribution in [2.45, 2.75) is 46.0 Å². The van der Waals surface area contributed by atoms with Crippen LogP contribution in [0.2, 0.25) is 5.02 Å². The van der Waals surface area contributed by atoms with Crippen LogP contribution in [-0.4, -0.2) is 38.5 Å². The number of nitrogens with zero attached hydrogens (tertiary/aromatic N) is 4. The molecular weight excluding hydrogens is 756 g/mol. The van der Waals surface area contributed by atoms with Crippen molar-refractivity contribution in [3.63, 3.8) is 0 Å². The SMILES string of the molecule is CCc1ccc(N2C(=O)C3CC=C4C(CC5C(=O)N(c6cc(-c7sc8ccc(Cl)cc8c7C)nn6C)C(=O)C5(C)C4c4c(O)ccc5ccccc45)C3C2=O)cc1. The van der Waals surface area contributed by atoms with Gasteiger partial charge < -0.3 is 5.11 Å². The largest absolute Gasteiger partial charge is 0.508 e. The van der Waals surface area contributed by atoms with Crippen LogP contribution in [0.15, 0.2) is 96.6 Å². The number of hydrogen-bond donors (Lipinski definition) is 1. The predicted octanol–water partition coefficient (Wildman–Crippen LogP) is 9.12. The van der Waals surface area contributed by atoms with E-state index in [1.807, 2.05) is 92.7 Å². The van der Waals surface area contributed by atoms with E-state index in [9.17, 15) is 14.7 Å². The number of halogens is 1. The molecule has 6 atom stereocenters. The Kier molecular flexibility index (Phi) is 7.99. The zero-order valence-corrected chi connectivity index (χ0v) is 33.4. The highest BCUT2D eigenvalue weighted by Crippen LogP contribution is 2.65. The monoisotopic (exact) mass is 794 g/mol. The number of fused-ring (bicyclic) bond motifs is 6. The number of thiophene rings is 1. The molecule has 2 aliphatic heterocycles. The van der Waals surface area contributed by atoms with Crippen LogP contribution >= 0.6 is 22.9 Å². The van der Waals surface area contributed by atoms with Crippen LogP contribution in [0.3, 0.4) is 0 Å². The first-order chi connectivity index (χ1) is 27.4. The number of imide groups is 2. The van der Waals surface area contributed by atoms with E-state index in [1.165, 1.54) is 9.80 Å². The molecule has 4 amide bonds. The molecule has 3 fully saturated rings. The molecule has 286 valence electrons. The summed E-state index contributed by atoms with van der Waals surface area (Å²) in [5.74, 6) is -4.44. The highest BCUT2D eigenvalue weighted by molar-refractivity contribution is 7.22. The maximum Gasteiger partial charge on any atom is 0.242 e. The fraction of sp³-hybridized carbons (Fsp3) is 0.283. The highest BCUT2D eigenvalue weighted by atomic mass is 35.5. The van der Waals surface area contributed by atoms with Gasteiger partial charge in [0.2, 0.25) is 23.6 Å². The number of carbonyl (C=O) groups excluding carboxylic acids is 4. The fourth-order valence-electron chi connectivity index (χ4n) is 10.5. The molecule has 10 rings (SSSR count). The first-order valence-corrected chi connectivity index (χ1v) is 20.6. The highest BCUT2D eigenvalue weighted by Gasteiger charge is 2.68. The van der Waals surface area contributed by atoms with Crippen LogP contribution in [0.4, 0.5) is 11.5 Å². The van der Waals surface area contributed by atoms with Gasteiger partial charge in [0.25, 0.3) is 0 Å². The Labute approximate surface area is 338 Å². The third kappa shape index (κ3) is 4.96. The number of aromatic hydroxyl groups is 1. The molecule has 2 aromatic heterocycles. The number of amides is 4. The molecule has 6 aromatic rings. The number of phenolic OH excluding ortho intramolecular Hbond substituents is 1. The minimum absolute atomic E-state index is 0.00988. The fourth-order valence-corrected chi connectivity index (χ4v) is 11.8. The van der Waals surface area contributed by atoms with Crippen LogP contribution in [-0.2, 0) is 32.6 Å². The number of aromatic nitrogens is 2. The number of rotatable bonds is 5. The molecule has 1 saturated carbocycles. The Bertz CT molecular complexity index is 2790. The lowest BCUT2D eigenvalue weighted by atomic mass is 9.51. The molecule has 6 unspecified atom stereocenters. The first kappa shape index (κ1) is 35.8. The zero-order valence-electron chi connectivity index (χ0n) is 31.8. The quantitative estimate of drug-likeness (QED) is 0.138. The predicted molar refractivity (Wildman–Crippen MR) is 222 cm³/mol. The number of allylic oxidation sites excluding steroid dienone is 2. The normalized spacial score (nSPS) is 25.7. The smallest absolute Gasteiger partial charge is 0.242 e. The van der Waals surface area contributed by atoms with Gasteiger partial charge in [-0.2, -0.15) is 5.10 Å². The van der Waals surface area contributed by atoms with Gasteiger partial charge in [0, 0.05) is 34.3 Å². The van der Waals surface area contributed by atoms with Crippen LogP contribution in [0.1, 0.15) is 49.3 Å². The number of phenols is 1. The second kappa shape index (κ2) is 12.7. The third-order valence-corrected chi connectivity index (χ3v) is 14.9. The van der Waals surface area contributed by atoms with Gasteiger partial charge in [0.05, 0.1) is 33.7 Å². The average Bonchev–Trinajstić information content (AvgIpc) is 3.88. The van der Waals surface area contributed by atoms with Gasteiger partial charge in [0.1, 0.15) is 17.3 Å². The molecule has 4 aliphatic rings. The van der Waals surface area contributed by atoms with Crippen molar-refractivity contribution in [3.05, 3.63) is 118 Å². The standard InChI is InChI=1S/C46H39ClN4O5S/c1-5-24-10-14-27(15-11-24)50-42(53)30-17-16-29-32(38(30)44(50)55)21-33-43(54)51(37-22-34(48-49(37)4)41-23(2)31-20-26(47)13-19-36(31)57-41)45(56)46(33,3)40(29)39-28-9-7-6-8-25(28)12-18-35(39)52/h6-16,18-20,22,30,32-33,38,40,52H,5,17,21H2,1-4H3. The lowest BCUT2D eigenvalue weighted by molar-refractivity contribution is -0.131. The molecule has 4 heterocycles. The van der Waals surface area contributed by atoms with E-state index >= 15 is 9.59 Å². The molecule has 57 heavy (non-hydrogen) atoms. The summed E-state index contributed by atoms with van der Waals surface area (Å²) < 4.78 is 2.63. The number of carbonyl (C=O) groups is 4. The summed E-state index contributed by atoms with van der Waals surface area (Å²) in [6.45, 7) is 5.91. The molecular formula is C46H39ClN4O5S. The van der Waals surface area contributed by atoms with Crippen molar-refractivity contribution in [3.8, 4) is 16.3 Å². The van der Waals surface area contributed by atoms with E-state index in [1.54, 1.807) is 35.2 Å². The van der Waals surface area contributed by atoms with Crippen LogP contribution < -0.4 is 9.80 Å². The van der Waals surface area contributed by atoms with E-state index in [0.29, 0.717) is 34.2 Å². The van der Waals surface area contributed by atoms with Gasteiger partial charge >= 0.3 is 0 Å². The molecule has 0 spiro atoms. The van der Waals surface area contributed by atoms with Crippen LogP contribution in [0, 0.1) is 36.0 Å². The molecule has 0 bridgehead atoms. The van der Waals surface area contributed by atoms with Gasteiger partial charge in [-0.3, -0.25) is 28.8 Å². The summed E-state index contributed by atoms with van der Waals surface area (Å²) in [4.78, 5) is 62.7. The Balaban J connectivity index is 1.12. The Morgan fingerprint density at radius 2 is 1.67 bits per heavy atom. The molecule has 4 aromatic carbocycles. The van der Waals surface area contributed by atoms with Crippen molar-refractivity contribution in [1.82, 2.24) is 9.78 Å². The van der Waals surface area contributed by atoms with Gasteiger partial charge in [-0.15, -0.1) is 11.3 Å². The van der Waals surface area contributed by atoms with Gasteiger partial charge in [-0.05, 0) is 103 Å². The molecule has 9 nitrogen and oxygen atoms in total. The maximum absolute atomic E-state index is 15.4. The zero-order chi connectivity index (χ0) is 39.7. The average molecular weight is 795 g/mol. The minimum atomic E-state index is -1.34. The molecule has 0 radical (unpaired) electrons. The van der Waals surface area contributed by atoms with E-state index < -0.39 is 40.9 Å². The number of aryl methyl sites for hydroxylation is 3. The summed E-state index contributed by atoms with van der Waals surface area (Å²) in [5.41, 5.74) is 3.29. The van der Waals surface area contributed by atoms with Gasteiger partial charge in [0.15, 0.2) is 0 Å². The first-order valence-electron chi connectivity index (χ1n) is 19.4. The van der Waals surface area contributed by atoms with Gasteiger partial charge in [-0.1, -0.05) is 72.6 Å². The van der Waals surface area contributed by atoms with Crippen LogP contribution in [0.25, 0.3) is 31.4 Å². The summed E-state index contributed by atoms with van der Waals surface area (Å²) >= 11 is 7.92. The minimum Gasteiger partial charge on any atom is -0.508 e. The number of anilines is 2. The molecule has 11 heteroatoms. The van der Waals surface area contributed by atoms with Crippen molar-refractivity contribution < 1.29 is 24.3 Å². The Morgan fingerprint density at radius 3 is 2.44 bits per heavy atom. The second-order valence-corrected chi connectivity index (χ2v) is 17.6. The van der Waals surface area contributed by atoms with E-state index in [-0.39, 0.29) is 29.9 Å². The van der Waals surface area contributed by atoms with E-state index in [2.05, 4.69) is 6.92 Å². The summed E-state index contributed by atoms with van der Waals surface area (Å²) in [5, 5.41) is 20.0. The Hall–Kier alpha value is -5.58. The van der Waals surface area contributed by atoms with Crippen molar-refractivity contribution in [2.75, 3.05) is 9.80 Å². The van der Waals surface area contributed by atoms with E-state index in [4.69, 9.17) is 16.7 Å². The van der Waals surface area contributed by atoms with Crippen molar-refractivity contribution in [2.24, 2.45) is 36.1 Å². The van der Waals surface area contributed by atoms with Crippen molar-refractivity contribution in [1.29, 1.82) is 0 Å². The Morgan fingerprint density at radius 1 is 0.895 bits per heavy atom. The molecule has 1 N–H and O–H groups in total. The lowest BCUT2D eigenvalue weighted by Crippen LogP contribution is -2.49. The summed E-state index contributed by atoms with van der Waals surface area (Å²) in [6.07, 6.45) is 3.36. The maximum atomic E-state index is 15.4. The number of hydrogen-bond acceptors (Lipinski definition) is 7. The van der Waals surface area contributed by atoms with E-state index in [0.717, 1.165) is 48.9 Å². The molecule has 2 saturated heterocycles. The topological polar surface area (TPSA) is 113 Å². The van der Waals surface area contributed by atoms with Crippen molar-refractivity contribution >= 4 is 78.9 Å². The summed E-state index contributed by atoms with van der Waals surface area (Å²) in [6, 6.07) is 26.3. The van der Waals surface area contributed by atoms with Crippen LogP contribution in [0.5, 0.6) is 5.75 Å². The number of benzene rings is 4. The third-order valence-electron chi connectivity index (χ3n) is 13.3.